The van der Waals surface area contributed by atoms with Crippen LogP contribution in [0.3, 0.4) is 0 Å². The summed E-state index contributed by atoms with van der Waals surface area (Å²) in [6.07, 6.45) is 5.27. The maximum Gasteiger partial charge on any atom is 0.240 e. The first-order chi connectivity index (χ1) is 14.1. The van der Waals surface area contributed by atoms with E-state index in [1.807, 2.05) is 30.3 Å². The zero-order valence-electron chi connectivity index (χ0n) is 16.8. The molecule has 0 radical (unpaired) electrons. The molecule has 1 saturated heterocycles. The minimum Gasteiger partial charge on any atom is -0.371 e. The van der Waals surface area contributed by atoms with Crippen molar-refractivity contribution in [2.45, 2.75) is 43.1 Å². The number of aryl methyl sites for hydroxylation is 2. The number of rotatable bonds is 7. The Bertz CT molecular complexity index is 915. The second-order valence-corrected chi connectivity index (χ2v) is 9.73. The number of ether oxygens (including phenoxy) is 1. The van der Waals surface area contributed by atoms with Crippen LogP contribution in [0.25, 0.3) is 0 Å². The number of nitrogens with zero attached hydrogens (tertiary/aromatic N) is 1. The van der Waals surface area contributed by atoms with Crippen LogP contribution in [-0.4, -0.2) is 46.1 Å². The fourth-order valence-corrected chi connectivity index (χ4v) is 5.37. The third kappa shape index (κ3) is 5.25. The average molecular weight is 415 g/mol. The molecule has 1 N–H and O–H groups in total. The number of nitrogens with one attached hydrogen (secondary N) is 1. The molecule has 0 amide bonds. The van der Waals surface area contributed by atoms with Crippen molar-refractivity contribution in [3.8, 4) is 0 Å². The Morgan fingerprint density at radius 1 is 1.03 bits per heavy atom. The van der Waals surface area contributed by atoms with Gasteiger partial charge in [-0.2, -0.15) is 0 Å². The number of morpholine rings is 1. The van der Waals surface area contributed by atoms with Gasteiger partial charge in [0.1, 0.15) is 0 Å². The van der Waals surface area contributed by atoms with Gasteiger partial charge in [0.15, 0.2) is 0 Å². The highest BCUT2D eigenvalue weighted by molar-refractivity contribution is 7.89. The van der Waals surface area contributed by atoms with Crippen molar-refractivity contribution < 1.29 is 13.2 Å². The van der Waals surface area contributed by atoms with Crippen LogP contribution in [0.1, 0.15) is 42.1 Å². The molecule has 1 atom stereocenters. The Morgan fingerprint density at radius 3 is 2.66 bits per heavy atom. The Kier molecular flexibility index (Phi) is 6.65. The van der Waals surface area contributed by atoms with E-state index in [1.165, 1.54) is 23.1 Å². The molecule has 0 unspecified atom stereocenters. The van der Waals surface area contributed by atoms with Crippen molar-refractivity contribution >= 4 is 10.0 Å². The number of benzene rings is 2. The third-order valence-corrected chi connectivity index (χ3v) is 7.35. The van der Waals surface area contributed by atoms with Crippen LogP contribution in [0, 0.1) is 0 Å². The molecule has 5 nitrogen and oxygen atoms in total. The predicted molar refractivity (Wildman–Crippen MR) is 114 cm³/mol. The molecule has 29 heavy (non-hydrogen) atoms. The molecule has 2 aromatic carbocycles. The summed E-state index contributed by atoms with van der Waals surface area (Å²) >= 11 is 0. The van der Waals surface area contributed by atoms with Crippen LogP contribution in [-0.2, 0) is 27.6 Å². The Morgan fingerprint density at radius 2 is 1.83 bits per heavy atom. The lowest BCUT2D eigenvalue weighted by Crippen LogP contribution is -2.39. The van der Waals surface area contributed by atoms with Crippen LogP contribution in [0.2, 0.25) is 0 Å². The summed E-state index contributed by atoms with van der Waals surface area (Å²) in [6.45, 7) is 3.76. The fraction of sp³-hybridized carbons (Fsp3) is 0.478. The van der Waals surface area contributed by atoms with Crippen molar-refractivity contribution in [3.63, 3.8) is 0 Å². The molecule has 0 saturated carbocycles. The van der Waals surface area contributed by atoms with Gasteiger partial charge in [-0.25, -0.2) is 13.1 Å². The molecule has 2 aliphatic rings. The van der Waals surface area contributed by atoms with Gasteiger partial charge in [0.05, 0.1) is 17.6 Å². The molecule has 156 valence electrons. The van der Waals surface area contributed by atoms with E-state index in [4.69, 9.17) is 4.74 Å². The second kappa shape index (κ2) is 9.39. The maximum absolute atomic E-state index is 12.7. The molecule has 0 bridgehead atoms. The lowest BCUT2D eigenvalue weighted by atomic mass is 9.92. The number of fused-ring (bicyclic) bond motifs is 1. The predicted octanol–water partition coefficient (Wildman–Crippen LogP) is 3.31. The van der Waals surface area contributed by atoms with Gasteiger partial charge in [0.25, 0.3) is 0 Å². The van der Waals surface area contributed by atoms with Gasteiger partial charge in [-0.3, -0.25) is 4.90 Å². The highest BCUT2D eigenvalue weighted by Crippen LogP contribution is 2.24. The topological polar surface area (TPSA) is 58.6 Å². The Labute approximate surface area is 174 Å². The molecule has 2 aromatic rings. The first-order valence-corrected chi connectivity index (χ1v) is 12.1. The minimum atomic E-state index is -3.44. The molecule has 6 heteroatoms. The number of hydrogen-bond acceptors (Lipinski definition) is 4. The van der Waals surface area contributed by atoms with Gasteiger partial charge in [-0.05, 0) is 67.5 Å². The molecular formula is C23H30N2O3S. The first kappa shape index (κ1) is 20.5. The molecule has 0 spiro atoms. The molecule has 1 aliphatic carbocycles. The zero-order chi connectivity index (χ0) is 20.1. The van der Waals surface area contributed by atoms with E-state index in [1.54, 1.807) is 6.07 Å². The molecule has 1 fully saturated rings. The van der Waals surface area contributed by atoms with Crippen molar-refractivity contribution in [3.05, 3.63) is 65.2 Å². The summed E-state index contributed by atoms with van der Waals surface area (Å²) in [6, 6.07) is 15.9. The van der Waals surface area contributed by atoms with Gasteiger partial charge < -0.3 is 4.74 Å². The Balaban J connectivity index is 1.26. The summed E-state index contributed by atoms with van der Waals surface area (Å²) in [5.74, 6) is 0. The highest BCUT2D eigenvalue weighted by Gasteiger charge is 2.22. The van der Waals surface area contributed by atoms with E-state index in [-0.39, 0.29) is 6.10 Å². The first-order valence-electron chi connectivity index (χ1n) is 10.6. The van der Waals surface area contributed by atoms with Gasteiger partial charge in [0, 0.05) is 19.6 Å². The minimum absolute atomic E-state index is 0.0946. The summed E-state index contributed by atoms with van der Waals surface area (Å²) in [5, 5.41) is 0. The van der Waals surface area contributed by atoms with Gasteiger partial charge >= 0.3 is 0 Å². The van der Waals surface area contributed by atoms with Gasteiger partial charge in [-0.1, -0.05) is 36.4 Å². The van der Waals surface area contributed by atoms with Gasteiger partial charge in [0.2, 0.25) is 10.0 Å². The summed E-state index contributed by atoms with van der Waals surface area (Å²) < 4.78 is 34.0. The van der Waals surface area contributed by atoms with Crippen LogP contribution in [0.15, 0.2) is 53.4 Å². The van der Waals surface area contributed by atoms with E-state index in [0.717, 1.165) is 45.3 Å². The quantitative estimate of drug-likeness (QED) is 0.706. The lowest BCUT2D eigenvalue weighted by molar-refractivity contribution is -0.0300. The lowest BCUT2D eigenvalue weighted by Gasteiger charge is -2.33. The fourth-order valence-electron chi connectivity index (χ4n) is 4.24. The van der Waals surface area contributed by atoms with Gasteiger partial charge in [-0.15, -0.1) is 0 Å². The van der Waals surface area contributed by atoms with E-state index in [2.05, 4.69) is 21.8 Å². The molecule has 4 rings (SSSR count). The van der Waals surface area contributed by atoms with Crippen molar-refractivity contribution in [2.24, 2.45) is 0 Å². The molecule has 0 aromatic heterocycles. The second-order valence-electron chi connectivity index (χ2n) is 7.96. The average Bonchev–Trinajstić information content (AvgIpc) is 2.77. The standard InChI is InChI=1S/C23H30N2O3S/c26-29(27,22-12-11-19-7-4-5-10-21(19)17-22)24-13-6-14-25-15-16-28-23(18-25)20-8-2-1-3-9-20/h1-3,8-9,11-12,17,23-24H,4-7,10,13-16,18H2/t23-/m1/s1. The molecule has 1 aliphatic heterocycles. The largest absolute Gasteiger partial charge is 0.371 e. The van der Waals surface area contributed by atoms with Crippen LogP contribution >= 0.6 is 0 Å². The highest BCUT2D eigenvalue weighted by atomic mass is 32.2. The van der Waals surface area contributed by atoms with E-state index in [9.17, 15) is 8.42 Å². The van der Waals surface area contributed by atoms with E-state index < -0.39 is 10.0 Å². The molecular weight excluding hydrogens is 384 g/mol. The summed E-state index contributed by atoms with van der Waals surface area (Å²) in [5.41, 5.74) is 3.69. The van der Waals surface area contributed by atoms with Crippen LogP contribution < -0.4 is 4.72 Å². The normalized spacial score (nSPS) is 20.3. The van der Waals surface area contributed by atoms with E-state index >= 15 is 0 Å². The van der Waals surface area contributed by atoms with Crippen LogP contribution in [0.4, 0.5) is 0 Å². The molecule has 1 heterocycles. The SMILES string of the molecule is O=S(=O)(NCCCN1CCO[C@@H](c2ccccc2)C1)c1ccc2c(c1)CCCC2. The Hall–Kier alpha value is -1.73. The maximum atomic E-state index is 12.7. The zero-order valence-corrected chi connectivity index (χ0v) is 17.7. The third-order valence-electron chi connectivity index (χ3n) is 5.90. The number of sulfonamides is 1. The smallest absolute Gasteiger partial charge is 0.240 e. The summed E-state index contributed by atoms with van der Waals surface area (Å²) in [4.78, 5) is 2.75. The van der Waals surface area contributed by atoms with E-state index in [0.29, 0.717) is 18.0 Å². The van der Waals surface area contributed by atoms with Crippen molar-refractivity contribution in [1.82, 2.24) is 9.62 Å². The summed E-state index contributed by atoms with van der Waals surface area (Å²) in [7, 11) is -3.44. The van der Waals surface area contributed by atoms with Crippen molar-refractivity contribution in [2.75, 3.05) is 32.8 Å². The number of hydrogen-bond donors (Lipinski definition) is 1. The monoisotopic (exact) mass is 414 g/mol. The van der Waals surface area contributed by atoms with Crippen molar-refractivity contribution in [1.29, 1.82) is 0 Å². The van der Waals surface area contributed by atoms with Crippen LogP contribution in [0.5, 0.6) is 0 Å².